The fourth-order valence-electron chi connectivity index (χ4n) is 1.73. The fourth-order valence-corrected chi connectivity index (χ4v) is 2.16. The number of nitrogens with zero attached hydrogens (tertiary/aromatic N) is 3. The van der Waals surface area contributed by atoms with Gasteiger partial charge in [0.05, 0.1) is 4.47 Å². The predicted molar refractivity (Wildman–Crippen MR) is 71.9 cm³/mol. The van der Waals surface area contributed by atoms with Crippen LogP contribution in [0.5, 0.6) is 11.5 Å². The van der Waals surface area contributed by atoms with Crippen LogP contribution in [0, 0.1) is 12.7 Å². The number of hydrogen-bond acceptors (Lipinski definition) is 3. The van der Waals surface area contributed by atoms with Gasteiger partial charge in [0.15, 0.2) is 5.65 Å². The average Bonchev–Trinajstić information content (AvgIpc) is 2.87. The van der Waals surface area contributed by atoms with Crippen molar-refractivity contribution in [2.75, 3.05) is 0 Å². The molecule has 0 aliphatic heterocycles. The molecule has 0 spiro atoms. The van der Waals surface area contributed by atoms with Gasteiger partial charge in [-0.3, -0.25) is 0 Å². The Labute approximate surface area is 117 Å². The average molecular weight is 322 g/mol. The maximum absolute atomic E-state index is 13.7. The van der Waals surface area contributed by atoms with Crippen molar-refractivity contribution in [1.82, 2.24) is 14.6 Å². The zero-order chi connectivity index (χ0) is 13.4. The van der Waals surface area contributed by atoms with E-state index in [-0.39, 0.29) is 5.82 Å². The number of pyridine rings is 1. The second-order valence-corrected chi connectivity index (χ2v) is 4.87. The molecule has 0 amide bonds. The summed E-state index contributed by atoms with van der Waals surface area (Å²) in [4.78, 5) is 4.07. The van der Waals surface area contributed by atoms with Gasteiger partial charge in [-0.25, -0.2) is 13.9 Å². The van der Waals surface area contributed by atoms with Crippen LogP contribution >= 0.6 is 15.9 Å². The van der Waals surface area contributed by atoms with E-state index in [0.717, 1.165) is 0 Å². The molecular formula is C13H9BrFN3O. The summed E-state index contributed by atoms with van der Waals surface area (Å²) in [5, 5.41) is 3.99. The summed E-state index contributed by atoms with van der Waals surface area (Å²) in [5.41, 5.74) is 1.13. The van der Waals surface area contributed by atoms with Crippen LogP contribution in [0.3, 0.4) is 0 Å². The Hall–Kier alpha value is -1.95. The summed E-state index contributed by atoms with van der Waals surface area (Å²) in [6.45, 7) is 1.67. The second kappa shape index (κ2) is 4.62. The summed E-state index contributed by atoms with van der Waals surface area (Å²) in [5.74, 6) is 0.746. The lowest BCUT2D eigenvalue weighted by Gasteiger charge is -2.10. The van der Waals surface area contributed by atoms with Crippen LogP contribution in [0.25, 0.3) is 5.65 Å². The Bertz CT molecular complexity index is 757. The van der Waals surface area contributed by atoms with E-state index in [4.69, 9.17) is 4.74 Å². The van der Waals surface area contributed by atoms with Gasteiger partial charge in [-0.1, -0.05) is 0 Å². The fraction of sp³-hybridized carbons (Fsp3) is 0.0769. The van der Waals surface area contributed by atoms with Crippen LogP contribution in [0.2, 0.25) is 0 Å². The largest absolute Gasteiger partial charge is 0.457 e. The molecule has 3 rings (SSSR count). The van der Waals surface area contributed by atoms with E-state index in [1.54, 1.807) is 41.9 Å². The first-order valence-electron chi connectivity index (χ1n) is 5.57. The van der Waals surface area contributed by atoms with Crippen molar-refractivity contribution in [3.05, 3.63) is 52.6 Å². The van der Waals surface area contributed by atoms with Crippen molar-refractivity contribution in [1.29, 1.82) is 0 Å². The van der Waals surface area contributed by atoms with Gasteiger partial charge in [0.25, 0.3) is 0 Å². The van der Waals surface area contributed by atoms with Crippen molar-refractivity contribution in [2.24, 2.45) is 0 Å². The number of hydrogen-bond donors (Lipinski definition) is 0. The van der Waals surface area contributed by atoms with Gasteiger partial charge in [-0.05, 0) is 41.1 Å². The van der Waals surface area contributed by atoms with Crippen LogP contribution in [-0.4, -0.2) is 14.6 Å². The van der Waals surface area contributed by atoms with E-state index in [9.17, 15) is 4.39 Å². The SMILES string of the molecule is Cc1c(Oc2ccn3ncnc3c2)ccc(Br)c1F. The van der Waals surface area contributed by atoms with Crippen molar-refractivity contribution >= 4 is 21.6 Å². The highest BCUT2D eigenvalue weighted by molar-refractivity contribution is 9.10. The molecular weight excluding hydrogens is 313 g/mol. The van der Waals surface area contributed by atoms with Crippen LogP contribution in [0.15, 0.2) is 41.3 Å². The minimum atomic E-state index is -0.318. The summed E-state index contributed by atoms with van der Waals surface area (Å²) >= 11 is 3.14. The number of ether oxygens (including phenoxy) is 1. The standard InChI is InChI=1S/C13H9BrFN3O/c1-8-11(3-2-10(14)13(8)15)19-9-4-5-18-12(6-9)16-7-17-18/h2-7H,1H3. The third kappa shape index (κ3) is 2.19. The molecule has 0 radical (unpaired) electrons. The summed E-state index contributed by atoms with van der Waals surface area (Å²) in [7, 11) is 0. The first-order valence-corrected chi connectivity index (χ1v) is 6.36. The van der Waals surface area contributed by atoms with Gasteiger partial charge >= 0.3 is 0 Å². The molecule has 0 saturated heterocycles. The zero-order valence-electron chi connectivity index (χ0n) is 9.97. The van der Waals surface area contributed by atoms with Gasteiger partial charge in [-0.15, -0.1) is 0 Å². The molecule has 96 valence electrons. The third-order valence-corrected chi connectivity index (χ3v) is 3.38. The van der Waals surface area contributed by atoms with E-state index in [1.807, 2.05) is 0 Å². The molecule has 4 nitrogen and oxygen atoms in total. The molecule has 2 heterocycles. The Kier molecular flexibility index (Phi) is 2.94. The number of halogens is 2. The van der Waals surface area contributed by atoms with E-state index in [1.165, 1.54) is 6.33 Å². The maximum Gasteiger partial charge on any atom is 0.158 e. The molecule has 0 aliphatic carbocycles. The molecule has 0 aliphatic rings. The summed E-state index contributed by atoms with van der Waals surface area (Å²) in [6.07, 6.45) is 3.20. The third-order valence-electron chi connectivity index (χ3n) is 2.77. The van der Waals surface area contributed by atoms with Gasteiger partial charge in [-0.2, -0.15) is 5.10 Å². The molecule has 2 aromatic heterocycles. The van der Waals surface area contributed by atoms with Gasteiger partial charge in [0, 0.05) is 17.8 Å². The molecule has 6 heteroatoms. The molecule has 0 saturated carbocycles. The molecule has 0 fully saturated rings. The van der Waals surface area contributed by atoms with Crippen molar-refractivity contribution < 1.29 is 9.13 Å². The topological polar surface area (TPSA) is 39.4 Å². The highest BCUT2D eigenvalue weighted by Gasteiger charge is 2.10. The summed E-state index contributed by atoms with van der Waals surface area (Å²) in [6, 6.07) is 6.83. The minimum Gasteiger partial charge on any atom is -0.457 e. The molecule has 0 unspecified atom stereocenters. The highest BCUT2D eigenvalue weighted by atomic mass is 79.9. The zero-order valence-corrected chi connectivity index (χ0v) is 11.6. The molecule has 0 atom stereocenters. The molecule has 3 aromatic rings. The Morgan fingerprint density at radius 2 is 2.16 bits per heavy atom. The quantitative estimate of drug-likeness (QED) is 0.722. The normalized spacial score (nSPS) is 10.9. The lowest BCUT2D eigenvalue weighted by Crippen LogP contribution is -1.93. The first kappa shape index (κ1) is 12.1. The number of fused-ring (bicyclic) bond motifs is 1. The predicted octanol–water partition coefficient (Wildman–Crippen LogP) is 3.73. The van der Waals surface area contributed by atoms with Gasteiger partial charge in [0.2, 0.25) is 0 Å². The second-order valence-electron chi connectivity index (χ2n) is 4.01. The van der Waals surface area contributed by atoms with E-state index >= 15 is 0 Å². The Morgan fingerprint density at radius 3 is 3.00 bits per heavy atom. The molecule has 0 bridgehead atoms. The van der Waals surface area contributed by atoms with Gasteiger partial charge in [0.1, 0.15) is 23.6 Å². The monoisotopic (exact) mass is 321 g/mol. The maximum atomic E-state index is 13.7. The summed E-state index contributed by atoms with van der Waals surface area (Å²) < 4.78 is 21.5. The molecule has 0 N–H and O–H groups in total. The van der Waals surface area contributed by atoms with Crippen LogP contribution < -0.4 is 4.74 Å². The smallest absolute Gasteiger partial charge is 0.158 e. The first-order chi connectivity index (χ1) is 9.15. The van der Waals surface area contributed by atoms with Gasteiger partial charge < -0.3 is 4.74 Å². The number of rotatable bonds is 2. The molecule has 1 aromatic carbocycles. The Balaban J connectivity index is 1.98. The van der Waals surface area contributed by atoms with Crippen LogP contribution in [-0.2, 0) is 0 Å². The number of aromatic nitrogens is 3. The highest BCUT2D eigenvalue weighted by Crippen LogP contribution is 2.30. The van der Waals surface area contributed by atoms with Crippen molar-refractivity contribution in [3.8, 4) is 11.5 Å². The van der Waals surface area contributed by atoms with E-state index in [2.05, 4.69) is 26.0 Å². The van der Waals surface area contributed by atoms with E-state index in [0.29, 0.717) is 27.2 Å². The Morgan fingerprint density at radius 1 is 1.32 bits per heavy atom. The van der Waals surface area contributed by atoms with Crippen molar-refractivity contribution in [3.63, 3.8) is 0 Å². The lowest BCUT2D eigenvalue weighted by atomic mass is 10.2. The van der Waals surface area contributed by atoms with Crippen LogP contribution in [0.4, 0.5) is 4.39 Å². The van der Waals surface area contributed by atoms with Crippen LogP contribution in [0.1, 0.15) is 5.56 Å². The number of benzene rings is 1. The lowest BCUT2D eigenvalue weighted by molar-refractivity contribution is 0.470. The molecule has 19 heavy (non-hydrogen) atoms. The van der Waals surface area contributed by atoms with Crippen molar-refractivity contribution in [2.45, 2.75) is 6.92 Å². The minimum absolute atomic E-state index is 0.318. The van der Waals surface area contributed by atoms with E-state index < -0.39 is 0 Å².